The van der Waals surface area contributed by atoms with Crippen LogP contribution in [0.1, 0.15) is 50.8 Å². The zero-order chi connectivity index (χ0) is 17.6. The van der Waals surface area contributed by atoms with Crippen molar-refractivity contribution in [3.63, 3.8) is 0 Å². The van der Waals surface area contributed by atoms with E-state index in [2.05, 4.69) is 81.5 Å². The van der Waals surface area contributed by atoms with Crippen molar-refractivity contribution in [3.05, 3.63) is 65.7 Å². The molecule has 1 heteroatoms. The monoisotopic (exact) mass is 330 g/mol. The van der Waals surface area contributed by atoms with Crippen LogP contribution in [-0.4, -0.2) is 5.11 Å². The molecule has 3 aromatic carbocycles. The normalized spacial score (nSPS) is 20.2. The highest BCUT2D eigenvalue weighted by molar-refractivity contribution is 6.13. The van der Waals surface area contributed by atoms with Gasteiger partial charge < -0.3 is 5.11 Å². The number of aliphatic hydroxyl groups is 1. The van der Waals surface area contributed by atoms with Crippen molar-refractivity contribution in [2.45, 2.75) is 39.7 Å². The fourth-order valence-corrected chi connectivity index (χ4v) is 4.09. The van der Waals surface area contributed by atoms with Crippen LogP contribution < -0.4 is 0 Å². The van der Waals surface area contributed by atoms with Crippen LogP contribution in [0.3, 0.4) is 0 Å². The molecule has 0 amide bonds. The first kappa shape index (κ1) is 16.4. The fourth-order valence-electron chi connectivity index (χ4n) is 4.09. The van der Waals surface area contributed by atoms with E-state index in [1.165, 1.54) is 27.1 Å². The van der Waals surface area contributed by atoms with Crippen LogP contribution in [0.2, 0.25) is 0 Å². The highest BCUT2D eigenvalue weighted by atomic mass is 16.3. The van der Waals surface area contributed by atoms with Gasteiger partial charge in [-0.2, -0.15) is 0 Å². The quantitative estimate of drug-likeness (QED) is 0.532. The van der Waals surface area contributed by atoms with Crippen molar-refractivity contribution in [2.24, 2.45) is 11.3 Å². The molecule has 25 heavy (non-hydrogen) atoms. The van der Waals surface area contributed by atoms with Gasteiger partial charge in [0.15, 0.2) is 0 Å². The largest absolute Gasteiger partial charge is 0.388 e. The minimum atomic E-state index is -0.433. The Labute approximate surface area is 150 Å². The van der Waals surface area contributed by atoms with Gasteiger partial charge in [0.2, 0.25) is 0 Å². The summed E-state index contributed by atoms with van der Waals surface area (Å²) in [7, 11) is 0. The molecule has 0 unspecified atom stereocenters. The Balaban J connectivity index is 1.90. The first-order valence-electron chi connectivity index (χ1n) is 9.25. The zero-order valence-electron chi connectivity index (χ0n) is 15.3. The van der Waals surface area contributed by atoms with E-state index in [9.17, 15) is 5.11 Å². The third-order valence-corrected chi connectivity index (χ3v) is 5.45. The average molecular weight is 330 g/mol. The molecule has 0 saturated heterocycles. The second kappa shape index (κ2) is 6.00. The molecule has 0 radical (unpaired) electrons. The Morgan fingerprint density at radius 3 is 2.04 bits per heavy atom. The van der Waals surface area contributed by atoms with Gasteiger partial charge in [-0.3, -0.25) is 0 Å². The van der Waals surface area contributed by atoms with E-state index in [0.717, 1.165) is 18.4 Å². The van der Waals surface area contributed by atoms with E-state index in [1.807, 2.05) is 0 Å². The van der Waals surface area contributed by atoms with Gasteiger partial charge in [0, 0.05) is 5.92 Å². The zero-order valence-corrected chi connectivity index (χ0v) is 15.3. The lowest BCUT2D eigenvalue weighted by molar-refractivity contribution is 0.119. The molecule has 0 fully saturated rings. The summed E-state index contributed by atoms with van der Waals surface area (Å²) in [6.07, 6.45) is 6.16. The summed E-state index contributed by atoms with van der Waals surface area (Å²) in [5, 5.41) is 16.2. The minimum Gasteiger partial charge on any atom is -0.388 e. The van der Waals surface area contributed by atoms with Crippen LogP contribution in [0.15, 0.2) is 54.6 Å². The summed E-state index contributed by atoms with van der Waals surface area (Å²) in [4.78, 5) is 0. The van der Waals surface area contributed by atoms with Gasteiger partial charge in [-0.25, -0.2) is 0 Å². The predicted molar refractivity (Wildman–Crippen MR) is 108 cm³/mol. The van der Waals surface area contributed by atoms with Crippen molar-refractivity contribution >= 4 is 27.6 Å². The topological polar surface area (TPSA) is 20.2 Å². The van der Waals surface area contributed by atoms with Gasteiger partial charge in [-0.05, 0) is 50.9 Å². The van der Waals surface area contributed by atoms with Crippen LogP contribution >= 0.6 is 0 Å². The van der Waals surface area contributed by atoms with Crippen LogP contribution in [0.5, 0.6) is 0 Å². The number of aliphatic hydroxyl groups excluding tert-OH is 1. The Bertz CT molecular complexity index is 959. The Morgan fingerprint density at radius 1 is 0.840 bits per heavy atom. The Kier molecular flexibility index (Phi) is 3.92. The van der Waals surface area contributed by atoms with Crippen LogP contribution in [0.25, 0.3) is 27.6 Å². The molecule has 1 N–H and O–H groups in total. The van der Waals surface area contributed by atoms with Gasteiger partial charge in [0.1, 0.15) is 0 Å². The van der Waals surface area contributed by atoms with E-state index in [-0.39, 0.29) is 5.92 Å². The van der Waals surface area contributed by atoms with E-state index in [0.29, 0.717) is 5.41 Å². The van der Waals surface area contributed by atoms with E-state index in [4.69, 9.17) is 0 Å². The van der Waals surface area contributed by atoms with E-state index >= 15 is 0 Å². The van der Waals surface area contributed by atoms with Crippen molar-refractivity contribution in [3.8, 4) is 0 Å². The minimum absolute atomic E-state index is 0.191. The summed E-state index contributed by atoms with van der Waals surface area (Å²) in [5.74, 6) is 0.191. The number of hydrogen-bond acceptors (Lipinski definition) is 1. The lowest BCUT2D eigenvalue weighted by Crippen LogP contribution is -2.18. The van der Waals surface area contributed by atoms with Gasteiger partial charge in [-0.1, -0.05) is 81.5 Å². The second-order valence-corrected chi connectivity index (χ2v) is 8.49. The highest BCUT2D eigenvalue weighted by Gasteiger charge is 2.28. The van der Waals surface area contributed by atoms with Crippen molar-refractivity contribution in [1.29, 1.82) is 0 Å². The maximum absolute atomic E-state index is 11.2. The average Bonchev–Trinajstić information content (AvgIpc) is 2.60. The second-order valence-electron chi connectivity index (χ2n) is 8.49. The molecule has 1 aliphatic rings. The molecule has 3 aromatic rings. The molecule has 0 aliphatic heterocycles. The first-order chi connectivity index (χ1) is 12.0. The number of rotatable bonds is 2. The first-order valence-corrected chi connectivity index (χ1v) is 9.25. The van der Waals surface area contributed by atoms with E-state index in [1.54, 1.807) is 0 Å². The molecule has 0 heterocycles. The van der Waals surface area contributed by atoms with Gasteiger partial charge in [-0.15, -0.1) is 0 Å². The Hall–Kier alpha value is -2.12. The number of hydrogen-bond donors (Lipinski definition) is 1. The molecule has 1 aliphatic carbocycles. The molecule has 1 nitrogen and oxygen atoms in total. The summed E-state index contributed by atoms with van der Waals surface area (Å²) in [6.45, 7) is 6.80. The fraction of sp³-hybridized carbons (Fsp3) is 0.333. The van der Waals surface area contributed by atoms with Crippen molar-refractivity contribution < 1.29 is 5.11 Å². The summed E-state index contributed by atoms with van der Waals surface area (Å²) >= 11 is 0. The molecular weight excluding hydrogens is 304 g/mol. The SMILES string of the molecule is CC(C)(C)CC[C@H]1C=Cc2c(c3ccccc3c3ccccc23)[C@H]1O. The molecule has 0 bridgehead atoms. The molecular formula is C24H26O. The van der Waals surface area contributed by atoms with Gasteiger partial charge in [0.25, 0.3) is 0 Å². The van der Waals surface area contributed by atoms with Crippen molar-refractivity contribution in [2.75, 3.05) is 0 Å². The van der Waals surface area contributed by atoms with Crippen molar-refractivity contribution in [1.82, 2.24) is 0 Å². The van der Waals surface area contributed by atoms with Gasteiger partial charge in [0.05, 0.1) is 6.10 Å². The number of fused-ring (bicyclic) bond motifs is 6. The smallest absolute Gasteiger partial charge is 0.0864 e. The summed E-state index contributed by atoms with van der Waals surface area (Å²) in [6, 6.07) is 17.0. The maximum Gasteiger partial charge on any atom is 0.0864 e. The molecule has 0 aromatic heterocycles. The standard InChI is InChI=1S/C24H26O/c1-24(2,3)15-14-16-12-13-21-19-10-5-4-8-17(19)18-9-6-7-11-20(18)22(21)23(16)25/h4-13,16,23,25H,14-15H2,1-3H3/t16-,23+/m1/s1. The lowest BCUT2D eigenvalue weighted by atomic mass is 9.77. The van der Waals surface area contributed by atoms with Gasteiger partial charge >= 0.3 is 0 Å². The van der Waals surface area contributed by atoms with Crippen LogP contribution in [0, 0.1) is 11.3 Å². The lowest BCUT2D eigenvalue weighted by Gasteiger charge is -2.30. The third-order valence-electron chi connectivity index (χ3n) is 5.45. The number of benzene rings is 3. The van der Waals surface area contributed by atoms with E-state index < -0.39 is 6.10 Å². The predicted octanol–water partition coefficient (Wildman–Crippen LogP) is 6.50. The molecule has 128 valence electrons. The summed E-state index contributed by atoms with van der Waals surface area (Å²) in [5.41, 5.74) is 2.59. The third kappa shape index (κ3) is 2.87. The summed E-state index contributed by atoms with van der Waals surface area (Å²) < 4.78 is 0. The molecule has 0 spiro atoms. The maximum atomic E-state index is 11.2. The highest BCUT2D eigenvalue weighted by Crippen LogP contribution is 2.44. The molecule has 0 saturated carbocycles. The Morgan fingerprint density at radius 2 is 1.40 bits per heavy atom. The van der Waals surface area contributed by atoms with Crippen LogP contribution in [-0.2, 0) is 0 Å². The van der Waals surface area contributed by atoms with Crippen LogP contribution in [0.4, 0.5) is 0 Å². The molecule has 2 atom stereocenters. The molecule has 4 rings (SSSR count).